The smallest absolute Gasteiger partial charge is 0.340 e. The van der Waals surface area contributed by atoms with Crippen LogP contribution < -0.4 is 5.32 Å². The average Bonchev–Trinajstić information content (AvgIpc) is 2.93. The van der Waals surface area contributed by atoms with Gasteiger partial charge < -0.3 is 10.1 Å². The van der Waals surface area contributed by atoms with E-state index in [0.29, 0.717) is 12.2 Å². The summed E-state index contributed by atoms with van der Waals surface area (Å²) >= 11 is 0. The number of anilines is 1. The monoisotopic (exact) mass is 277 g/mol. The lowest BCUT2D eigenvalue weighted by Crippen LogP contribution is -2.08. The highest BCUT2D eigenvalue weighted by Crippen LogP contribution is 2.19. The third kappa shape index (κ3) is 3.14. The maximum atomic E-state index is 13.2. The van der Waals surface area contributed by atoms with Crippen LogP contribution in [0.3, 0.4) is 0 Å². The summed E-state index contributed by atoms with van der Waals surface area (Å²) in [5.41, 5.74) is 1.69. The number of halogens is 1. The molecule has 1 N–H and O–H groups in total. The molecule has 0 saturated heterocycles. The van der Waals surface area contributed by atoms with Crippen molar-refractivity contribution >= 4 is 11.7 Å². The minimum Gasteiger partial charge on any atom is -0.465 e. The van der Waals surface area contributed by atoms with Gasteiger partial charge in [-0.3, -0.25) is 4.68 Å². The van der Waals surface area contributed by atoms with Gasteiger partial charge in [-0.15, -0.1) is 0 Å². The molecule has 0 atom stereocenters. The van der Waals surface area contributed by atoms with Gasteiger partial charge in [-0.1, -0.05) is 0 Å². The Morgan fingerprint density at radius 2 is 2.30 bits per heavy atom. The first-order valence-corrected chi connectivity index (χ1v) is 6.27. The molecule has 0 radical (unpaired) electrons. The summed E-state index contributed by atoms with van der Waals surface area (Å²) in [6, 6.07) is 3.97. The number of ether oxygens (including phenoxy) is 1. The SMILES string of the molecule is CCn1cc(CNc2ccc(F)cc2C(=O)OC)cn1. The first-order valence-electron chi connectivity index (χ1n) is 6.27. The van der Waals surface area contributed by atoms with Crippen LogP contribution in [0.1, 0.15) is 22.8 Å². The number of aryl methyl sites for hydroxylation is 1. The van der Waals surface area contributed by atoms with Crippen molar-refractivity contribution in [2.45, 2.75) is 20.0 Å². The molecule has 0 saturated carbocycles. The molecule has 2 rings (SSSR count). The molecule has 0 unspecified atom stereocenters. The van der Waals surface area contributed by atoms with Crippen LogP contribution >= 0.6 is 0 Å². The topological polar surface area (TPSA) is 56.2 Å². The maximum Gasteiger partial charge on any atom is 0.340 e. The van der Waals surface area contributed by atoms with E-state index in [-0.39, 0.29) is 5.56 Å². The van der Waals surface area contributed by atoms with Crippen LogP contribution in [0.25, 0.3) is 0 Å². The second-order valence-electron chi connectivity index (χ2n) is 4.24. The average molecular weight is 277 g/mol. The Bertz CT molecular complexity index is 610. The highest BCUT2D eigenvalue weighted by atomic mass is 19.1. The number of nitrogens with one attached hydrogen (secondary N) is 1. The number of nitrogens with zero attached hydrogens (tertiary/aromatic N) is 2. The summed E-state index contributed by atoms with van der Waals surface area (Å²) in [6.07, 6.45) is 3.66. The summed E-state index contributed by atoms with van der Waals surface area (Å²) in [7, 11) is 1.27. The molecular formula is C14H16FN3O2. The molecule has 0 aliphatic rings. The van der Waals surface area contributed by atoms with Crippen LogP contribution in [-0.2, 0) is 17.8 Å². The summed E-state index contributed by atoms with van der Waals surface area (Å²) in [4.78, 5) is 11.6. The summed E-state index contributed by atoms with van der Waals surface area (Å²) in [5, 5.41) is 7.25. The molecule has 106 valence electrons. The fourth-order valence-corrected chi connectivity index (χ4v) is 1.82. The Kier molecular flexibility index (Phi) is 4.34. The standard InChI is InChI=1S/C14H16FN3O2/c1-3-18-9-10(8-17-18)7-16-13-5-4-11(15)6-12(13)14(19)20-2/h4-6,8-9,16H,3,7H2,1-2H3. The molecule has 5 nitrogen and oxygen atoms in total. The highest BCUT2D eigenvalue weighted by Gasteiger charge is 2.13. The summed E-state index contributed by atoms with van der Waals surface area (Å²) < 4.78 is 19.7. The van der Waals surface area contributed by atoms with Crippen molar-refractivity contribution in [2.75, 3.05) is 12.4 Å². The van der Waals surface area contributed by atoms with Crippen LogP contribution in [0.5, 0.6) is 0 Å². The van der Waals surface area contributed by atoms with Crippen LogP contribution in [0.4, 0.5) is 10.1 Å². The number of hydrogen-bond donors (Lipinski definition) is 1. The molecule has 2 aromatic rings. The van der Waals surface area contributed by atoms with Crippen LogP contribution in [0.15, 0.2) is 30.6 Å². The molecule has 1 aromatic heterocycles. The van der Waals surface area contributed by atoms with Gasteiger partial charge in [0.1, 0.15) is 5.82 Å². The van der Waals surface area contributed by atoms with Crippen LogP contribution in [-0.4, -0.2) is 22.9 Å². The summed E-state index contributed by atoms with van der Waals surface area (Å²) in [5.74, 6) is -1.05. The van der Waals surface area contributed by atoms with Gasteiger partial charge >= 0.3 is 5.97 Å². The maximum absolute atomic E-state index is 13.2. The summed E-state index contributed by atoms with van der Waals surface area (Å²) in [6.45, 7) is 3.29. The van der Waals surface area contributed by atoms with E-state index in [0.717, 1.165) is 18.2 Å². The van der Waals surface area contributed by atoms with Crippen molar-refractivity contribution in [3.05, 3.63) is 47.5 Å². The molecule has 0 amide bonds. The van der Waals surface area contributed by atoms with E-state index in [9.17, 15) is 9.18 Å². The molecule has 0 bridgehead atoms. The van der Waals surface area contributed by atoms with Crippen molar-refractivity contribution in [3.63, 3.8) is 0 Å². The van der Waals surface area contributed by atoms with E-state index in [4.69, 9.17) is 0 Å². The van der Waals surface area contributed by atoms with E-state index in [1.165, 1.54) is 19.2 Å². The van der Waals surface area contributed by atoms with Crippen molar-refractivity contribution < 1.29 is 13.9 Å². The first kappa shape index (κ1) is 14.0. The van der Waals surface area contributed by atoms with Gasteiger partial charge in [0.05, 0.1) is 18.9 Å². The van der Waals surface area contributed by atoms with E-state index in [2.05, 4.69) is 15.2 Å². The Balaban J connectivity index is 2.14. The largest absolute Gasteiger partial charge is 0.465 e. The predicted octanol–water partition coefficient (Wildman–Crippen LogP) is 2.44. The molecule has 0 fully saturated rings. The van der Waals surface area contributed by atoms with E-state index < -0.39 is 11.8 Å². The normalized spacial score (nSPS) is 10.3. The number of esters is 1. The zero-order chi connectivity index (χ0) is 14.5. The van der Waals surface area contributed by atoms with E-state index in [1.807, 2.05) is 17.8 Å². The third-order valence-electron chi connectivity index (χ3n) is 2.88. The Labute approximate surface area is 116 Å². The third-order valence-corrected chi connectivity index (χ3v) is 2.88. The number of methoxy groups -OCH3 is 1. The van der Waals surface area contributed by atoms with Crippen LogP contribution in [0.2, 0.25) is 0 Å². The molecule has 6 heteroatoms. The fourth-order valence-electron chi connectivity index (χ4n) is 1.82. The van der Waals surface area contributed by atoms with Crippen molar-refractivity contribution in [2.24, 2.45) is 0 Å². The zero-order valence-corrected chi connectivity index (χ0v) is 11.4. The van der Waals surface area contributed by atoms with Gasteiger partial charge in [-0.2, -0.15) is 5.10 Å². The van der Waals surface area contributed by atoms with Crippen molar-refractivity contribution in [1.82, 2.24) is 9.78 Å². The van der Waals surface area contributed by atoms with Gasteiger partial charge in [0, 0.05) is 30.5 Å². The van der Waals surface area contributed by atoms with Gasteiger partial charge in [-0.25, -0.2) is 9.18 Å². The number of rotatable bonds is 5. The number of hydrogen-bond acceptors (Lipinski definition) is 4. The minimum atomic E-state index is -0.573. The van der Waals surface area contributed by atoms with Gasteiger partial charge in [0.15, 0.2) is 0 Å². The second kappa shape index (κ2) is 6.18. The lowest BCUT2D eigenvalue weighted by atomic mass is 10.1. The molecule has 0 aliphatic heterocycles. The second-order valence-corrected chi connectivity index (χ2v) is 4.24. The van der Waals surface area contributed by atoms with Crippen molar-refractivity contribution in [3.8, 4) is 0 Å². The molecule has 20 heavy (non-hydrogen) atoms. The van der Waals surface area contributed by atoms with Gasteiger partial charge in [0.2, 0.25) is 0 Å². The molecule has 1 heterocycles. The van der Waals surface area contributed by atoms with Gasteiger partial charge in [0.25, 0.3) is 0 Å². The lowest BCUT2D eigenvalue weighted by Gasteiger charge is -2.10. The number of aromatic nitrogens is 2. The Morgan fingerprint density at radius 3 is 2.95 bits per heavy atom. The number of carbonyl (C=O) groups excluding carboxylic acids is 1. The lowest BCUT2D eigenvalue weighted by molar-refractivity contribution is 0.0601. The molecular weight excluding hydrogens is 261 g/mol. The highest BCUT2D eigenvalue weighted by molar-refractivity contribution is 5.95. The Hall–Kier alpha value is -2.37. The number of benzene rings is 1. The quantitative estimate of drug-likeness (QED) is 0.853. The zero-order valence-electron chi connectivity index (χ0n) is 11.4. The first-order chi connectivity index (χ1) is 9.63. The number of carbonyl (C=O) groups is 1. The van der Waals surface area contributed by atoms with E-state index >= 15 is 0 Å². The molecule has 0 spiro atoms. The van der Waals surface area contributed by atoms with Crippen molar-refractivity contribution in [1.29, 1.82) is 0 Å². The minimum absolute atomic E-state index is 0.176. The van der Waals surface area contributed by atoms with Crippen LogP contribution in [0, 0.1) is 5.82 Å². The molecule has 0 aliphatic carbocycles. The predicted molar refractivity (Wildman–Crippen MR) is 73.0 cm³/mol. The Morgan fingerprint density at radius 1 is 1.50 bits per heavy atom. The fraction of sp³-hybridized carbons (Fsp3) is 0.286. The van der Waals surface area contributed by atoms with E-state index in [1.54, 1.807) is 6.20 Å². The van der Waals surface area contributed by atoms with Gasteiger partial charge in [-0.05, 0) is 25.1 Å². The molecule has 1 aromatic carbocycles.